The predicted molar refractivity (Wildman–Crippen MR) is 107 cm³/mol. The number of rotatable bonds is 4. The molecule has 0 aliphatic carbocycles. The summed E-state index contributed by atoms with van der Waals surface area (Å²) in [7, 11) is 1.99. The molecule has 1 aliphatic heterocycles. The monoisotopic (exact) mass is 359 g/mol. The van der Waals surface area contributed by atoms with E-state index in [1.54, 1.807) is 6.07 Å². The number of aromatic nitrogens is 1. The van der Waals surface area contributed by atoms with E-state index in [0.717, 1.165) is 27.6 Å². The second kappa shape index (κ2) is 6.47. The number of ketones is 1. The number of Topliss-reactive ketones (excluding diaryl/α,β-unsaturated/α-hetero) is 1. The molecule has 0 radical (unpaired) electrons. The molecule has 4 heteroatoms. The highest BCUT2D eigenvalue weighted by Gasteiger charge is 2.30. The Bertz CT molecular complexity index is 1120. The van der Waals surface area contributed by atoms with Gasteiger partial charge in [-0.15, -0.1) is 0 Å². The van der Waals surface area contributed by atoms with Gasteiger partial charge < -0.3 is 14.0 Å². The van der Waals surface area contributed by atoms with Crippen LogP contribution in [0.3, 0.4) is 0 Å². The van der Waals surface area contributed by atoms with E-state index in [9.17, 15) is 4.79 Å². The minimum Gasteiger partial charge on any atom is -0.489 e. The fourth-order valence-electron chi connectivity index (χ4n) is 3.35. The molecule has 3 aromatic rings. The lowest BCUT2D eigenvalue weighted by Gasteiger charge is -2.11. The Hall–Kier alpha value is -3.27. The minimum absolute atomic E-state index is 0.104. The maximum atomic E-state index is 12.8. The molecule has 0 fully saturated rings. The number of carbonyl (C=O) groups is 1. The maximum absolute atomic E-state index is 12.8. The van der Waals surface area contributed by atoms with Gasteiger partial charge in [0.25, 0.3) is 0 Å². The van der Waals surface area contributed by atoms with Crippen molar-refractivity contribution in [3.63, 3.8) is 0 Å². The van der Waals surface area contributed by atoms with Crippen LogP contribution >= 0.6 is 0 Å². The Morgan fingerprint density at radius 2 is 2.04 bits per heavy atom. The molecule has 0 saturated carbocycles. The summed E-state index contributed by atoms with van der Waals surface area (Å²) in [5.74, 6) is 1.51. The summed E-state index contributed by atoms with van der Waals surface area (Å²) >= 11 is 0. The van der Waals surface area contributed by atoms with Crippen molar-refractivity contribution in [3.05, 3.63) is 77.2 Å². The second-order valence-corrected chi connectivity index (χ2v) is 6.96. The molecule has 0 saturated heterocycles. The van der Waals surface area contributed by atoms with Crippen molar-refractivity contribution in [3.8, 4) is 11.5 Å². The second-order valence-electron chi connectivity index (χ2n) is 6.96. The zero-order valence-electron chi connectivity index (χ0n) is 15.7. The highest BCUT2D eigenvalue weighted by Crippen LogP contribution is 2.39. The lowest BCUT2D eigenvalue weighted by atomic mass is 10.1. The molecule has 0 spiro atoms. The predicted octanol–water partition coefficient (Wildman–Crippen LogP) is 5.06. The summed E-state index contributed by atoms with van der Waals surface area (Å²) in [6.07, 6.45) is 3.82. The van der Waals surface area contributed by atoms with Crippen LogP contribution in [0, 0.1) is 6.92 Å². The van der Waals surface area contributed by atoms with Gasteiger partial charge >= 0.3 is 0 Å². The first kappa shape index (κ1) is 17.2. The van der Waals surface area contributed by atoms with E-state index in [-0.39, 0.29) is 5.78 Å². The Kier molecular flexibility index (Phi) is 4.11. The van der Waals surface area contributed by atoms with Crippen LogP contribution in [0.25, 0.3) is 17.0 Å². The molecule has 0 N–H and O–H groups in total. The number of para-hydroxylation sites is 1. The van der Waals surface area contributed by atoms with E-state index in [2.05, 4.69) is 12.6 Å². The van der Waals surface area contributed by atoms with E-state index in [1.165, 1.54) is 0 Å². The first-order valence-electron chi connectivity index (χ1n) is 8.85. The number of allylic oxidation sites excluding steroid dienone is 1. The van der Waals surface area contributed by atoms with Crippen LogP contribution in [0.1, 0.15) is 28.4 Å². The van der Waals surface area contributed by atoms with Gasteiger partial charge in [0.05, 0.1) is 5.56 Å². The van der Waals surface area contributed by atoms with Crippen LogP contribution in [0.2, 0.25) is 0 Å². The highest BCUT2D eigenvalue weighted by molar-refractivity contribution is 6.15. The van der Waals surface area contributed by atoms with Gasteiger partial charge in [-0.3, -0.25) is 4.79 Å². The molecular weight excluding hydrogens is 338 g/mol. The SMILES string of the molecule is C=C(C)COc1ccc2c(c1C)OC(=Cc1cn(C)c3ccccc13)C2=O. The average Bonchev–Trinajstić information content (AvgIpc) is 3.13. The molecule has 0 atom stereocenters. The fraction of sp³-hybridized carbons (Fsp3) is 0.174. The number of nitrogens with zero attached hydrogens (tertiary/aromatic N) is 1. The Morgan fingerprint density at radius 3 is 2.81 bits per heavy atom. The van der Waals surface area contributed by atoms with Gasteiger partial charge in [-0.1, -0.05) is 24.8 Å². The summed E-state index contributed by atoms with van der Waals surface area (Å²) in [5, 5.41) is 1.09. The standard InChI is InChI=1S/C23H21NO3/c1-14(2)13-26-20-10-9-18-22(25)21(27-23(18)15(20)3)11-16-12-24(4)19-8-6-5-7-17(16)19/h5-12H,1,13H2,2-4H3. The number of ether oxygens (including phenoxy) is 2. The molecule has 27 heavy (non-hydrogen) atoms. The average molecular weight is 359 g/mol. The van der Waals surface area contributed by atoms with Crippen LogP contribution in [-0.2, 0) is 7.05 Å². The van der Waals surface area contributed by atoms with Gasteiger partial charge in [-0.25, -0.2) is 0 Å². The summed E-state index contributed by atoms with van der Waals surface area (Å²) in [4.78, 5) is 12.8. The van der Waals surface area contributed by atoms with Crippen LogP contribution in [0.5, 0.6) is 11.5 Å². The number of hydrogen-bond acceptors (Lipinski definition) is 3. The smallest absolute Gasteiger partial charge is 0.231 e. The Morgan fingerprint density at radius 1 is 1.26 bits per heavy atom. The number of benzene rings is 2. The van der Waals surface area contributed by atoms with E-state index in [0.29, 0.717) is 29.4 Å². The van der Waals surface area contributed by atoms with Gasteiger partial charge in [-0.05, 0) is 43.7 Å². The van der Waals surface area contributed by atoms with Crippen molar-refractivity contribution in [2.45, 2.75) is 13.8 Å². The first-order valence-corrected chi connectivity index (χ1v) is 8.85. The van der Waals surface area contributed by atoms with Crippen molar-refractivity contribution in [1.82, 2.24) is 4.57 Å². The van der Waals surface area contributed by atoms with Gasteiger partial charge in [0, 0.05) is 35.3 Å². The molecular formula is C23H21NO3. The van der Waals surface area contributed by atoms with Crippen molar-refractivity contribution < 1.29 is 14.3 Å². The van der Waals surface area contributed by atoms with Gasteiger partial charge in [0.15, 0.2) is 5.76 Å². The topological polar surface area (TPSA) is 40.5 Å². The van der Waals surface area contributed by atoms with Crippen LogP contribution < -0.4 is 9.47 Å². The molecule has 4 nitrogen and oxygen atoms in total. The lowest BCUT2D eigenvalue weighted by molar-refractivity contribution is 0.101. The zero-order valence-corrected chi connectivity index (χ0v) is 15.7. The number of aryl methyl sites for hydroxylation is 1. The van der Waals surface area contributed by atoms with Crippen molar-refractivity contribution >= 4 is 22.8 Å². The van der Waals surface area contributed by atoms with E-state index in [1.807, 2.05) is 62.0 Å². The third kappa shape index (κ3) is 2.93. The van der Waals surface area contributed by atoms with Crippen molar-refractivity contribution in [1.29, 1.82) is 0 Å². The van der Waals surface area contributed by atoms with E-state index < -0.39 is 0 Å². The van der Waals surface area contributed by atoms with Crippen molar-refractivity contribution in [2.75, 3.05) is 6.61 Å². The largest absolute Gasteiger partial charge is 0.489 e. The molecule has 2 aromatic carbocycles. The number of hydrogen-bond donors (Lipinski definition) is 0. The summed E-state index contributed by atoms with van der Waals surface area (Å²) in [5.41, 5.74) is 4.40. The Labute approximate surface area is 158 Å². The number of fused-ring (bicyclic) bond motifs is 2. The van der Waals surface area contributed by atoms with Gasteiger partial charge in [0.1, 0.15) is 18.1 Å². The molecule has 2 heterocycles. The van der Waals surface area contributed by atoms with Crippen LogP contribution in [-0.4, -0.2) is 17.0 Å². The molecule has 0 amide bonds. The zero-order chi connectivity index (χ0) is 19.1. The maximum Gasteiger partial charge on any atom is 0.231 e. The third-order valence-electron chi connectivity index (χ3n) is 4.73. The van der Waals surface area contributed by atoms with Crippen molar-refractivity contribution in [2.24, 2.45) is 7.05 Å². The first-order chi connectivity index (χ1) is 13.0. The lowest BCUT2D eigenvalue weighted by Crippen LogP contribution is -2.00. The van der Waals surface area contributed by atoms with E-state index in [4.69, 9.17) is 9.47 Å². The van der Waals surface area contributed by atoms with E-state index >= 15 is 0 Å². The van der Waals surface area contributed by atoms with Gasteiger partial charge in [0.2, 0.25) is 5.78 Å². The summed E-state index contributed by atoms with van der Waals surface area (Å²) in [6, 6.07) is 11.7. The Balaban J connectivity index is 1.71. The van der Waals surface area contributed by atoms with Gasteiger partial charge in [-0.2, -0.15) is 0 Å². The normalized spacial score (nSPS) is 14.5. The van der Waals surface area contributed by atoms with Crippen LogP contribution in [0.15, 0.2) is 60.5 Å². The minimum atomic E-state index is -0.104. The molecule has 0 unspecified atom stereocenters. The molecule has 1 aromatic heterocycles. The molecule has 4 rings (SSSR count). The molecule has 136 valence electrons. The fourth-order valence-corrected chi connectivity index (χ4v) is 3.35. The molecule has 0 bridgehead atoms. The highest BCUT2D eigenvalue weighted by atomic mass is 16.5. The van der Waals surface area contributed by atoms with Crippen LogP contribution in [0.4, 0.5) is 0 Å². The summed E-state index contributed by atoms with van der Waals surface area (Å²) < 4.78 is 13.8. The molecule has 1 aliphatic rings. The quantitative estimate of drug-likeness (QED) is 0.483. The summed E-state index contributed by atoms with van der Waals surface area (Å²) in [6.45, 7) is 8.10. The number of carbonyl (C=O) groups excluding carboxylic acids is 1. The third-order valence-corrected chi connectivity index (χ3v) is 4.73.